The number of halogens is 2. The highest BCUT2D eigenvalue weighted by Gasteiger charge is 2.36. The molecular formula is C13H27Cl2N3O2. The fraction of sp³-hybridized carbons (Fsp3) is 0.923. The zero-order valence-corrected chi connectivity index (χ0v) is 13.9. The zero-order valence-electron chi connectivity index (χ0n) is 12.3. The molecular weight excluding hydrogens is 301 g/mol. The highest BCUT2D eigenvalue weighted by molar-refractivity contribution is 5.85. The second-order valence-electron chi connectivity index (χ2n) is 5.67. The van der Waals surface area contributed by atoms with Crippen molar-refractivity contribution in [2.24, 2.45) is 11.7 Å². The summed E-state index contributed by atoms with van der Waals surface area (Å²) >= 11 is 0. The number of morpholine rings is 1. The average Bonchev–Trinajstić information content (AvgIpc) is 2.72. The van der Waals surface area contributed by atoms with Gasteiger partial charge in [0.05, 0.1) is 13.2 Å². The molecule has 0 aromatic rings. The van der Waals surface area contributed by atoms with Crippen molar-refractivity contribution in [2.45, 2.75) is 32.4 Å². The van der Waals surface area contributed by atoms with E-state index in [0.29, 0.717) is 18.4 Å². The summed E-state index contributed by atoms with van der Waals surface area (Å²) in [5, 5.41) is 0. The Hall–Kier alpha value is -0.0700. The minimum absolute atomic E-state index is 0. The van der Waals surface area contributed by atoms with E-state index < -0.39 is 0 Å². The summed E-state index contributed by atoms with van der Waals surface area (Å²) in [5.74, 6) is 0.743. The second-order valence-corrected chi connectivity index (χ2v) is 5.67. The Morgan fingerprint density at radius 3 is 2.45 bits per heavy atom. The summed E-state index contributed by atoms with van der Waals surface area (Å²) in [7, 11) is 0. The molecule has 3 atom stereocenters. The molecule has 20 heavy (non-hydrogen) atoms. The monoisotopic (exact) mass is 327 g/mol. The largest absolute Gasteiger partial charge is 0.379 e. The molecule has 0 saturated carbocycles. The summed E-state index contributed by atoms with van der Waals surface area (Å²) in [6.45, 7) is 9.46. The third kappa shape index (κ3) is 5.04. The molecule has 2 N–H and O–H groups in total. The summed E-state index contributed by atoms with van der Waals surface area (Å²) in [4.78, 5) is 16.5. The maximum Gasteiger partial charge on any atom is 0.224 e. The van der Waals surface area contributed by atoms with Gasteiger partial charge in [-0.25, -0.2) is 0 Å². The molecule has 2 aliphatic rings. The molecule has 0 aromatic carbocycles. The third-order valence-electron chi connectivity index (χ3n) is 3.94. The van der Waals surface area contributed by atoms with Gasteiger partial charge >= 0.3 is 0 Å². The molecule has 0 aromatic heterocycles. The van der Waals surface area contributed by atoms with Crippen LogP contribution in [0.5, 0.6) is 0 Å². The lowest BCUT2D eigenvalue weighted by molar-refractivity contribution is -0.130. The first-order valence-corrected chi connectivity index (χ1v) is 6.93. The number of rotatable bonds is 3. The van der Waals surface area contributed by atoms with Gasteiger partial charge in [-0.05, 0) is 12.8 Å². The Morgan fingerprint density at radius 2 is 1.90 bits per heavy atom. The van der Waals surface area contributed by atoms with Crippen LogP contribution in [0.25, 0.3) is 0 Å². The smallest absolute Gasteiger partial charge is 0.224 e. The van der Waals surface area contributed by atoms with E-state index in [-0.39, 0.29) is 36.8 Å². The molecule has 0 radical (unpaired) electrons. The van der Waals surface area contributed by atoms with Gasteiger partial charge in [-0.1, -0.05) is 6.92 Å². The van der Waals surface area contributed by atoms with Crippen molar-refractivity contribution in [3.63, 3.8) is 0 Å². The SMILES string of the molecule is CC(N)CC(=O)N1CC(C)C(N2CCOCC2)C1.Cl.Cl. The van der Waals surface area contributed by atoms with Gasteiger partial charge in [0.15, 0.2) is 0 Å². The Bertz CT molecular complexity index is 299. The van der Waals surface area contributed by atoms with Crippen LogP contribution in [0.3, 0.4) is 0 Å². The number of nitrogens with zero attached hydrogens (tertiary/aromatic N) is 2. The number of likely N-dealkylation sites (tertiary alicyclic amines) is 1. The molecule has 7 heteroatoms. The van der Waals surface area contributed by atoms with Gasteiger partial charge in [0.2, 0.25) is 5.91 Å². The van der Waals surface area contributed by atoms with Gasteiger partial charge in [0, 0.05) is 44.7 Å². The number of amides is 1. The molecule has 2 aliphatic heterocycles. The number of hydrogen-bond acceptors (Lipinski definition) is 4. The van der Waals surface area contributed by atoms with Crippen LogP contribution in [0.15, 0.2) is 0 Å². The molecule has 0 aliphatic carbocycles. The maximum absolute atomic E-state index is 12.0. The van der Waals surface area contributed by atoms with E-state index in [9.17, 15) is 4.79 Å². The highest BCUT2D eigenvalue weighted by atomic mass is 35.5. The molecule has 2 fully saturated rings. The van der Waals surface area contributed by atoms with Gasteiger partial charge in [-0.15, -0.1) is 24.8 Å². The Balaban J connectivity index is 0.00000180. The van der Waals surface area contributed by atoms with E-state index in [4.69, 9.17) is 10.5 Å². The number of carbonyl (C=O) groups is 1. The topological polar surface area (TPSA) is 58.8 Å². The van der Waals surface area contributed by atoms with Gasteiger partial charge in [0.25, 0.3) is 0 Å². The standard InChI is InChI=1S/C13H25N3O2.2ClH/c1-10-8-16(13(17)7-11(2)14)9-12(10)15-3-5-18-6-4-15;;/h10-12H,3-9,14H2,1-2H3;2*1H. The Labute approximate surface area is 134 Å². The van der Waals surface area contributed by atoms with Crippen molar-refractivity contribution >= 4 is 30.7 Å². The highest BCUT2D eigenvalue weighted by Crippen LogP contribution is 2.23. The van der Waals surface area contributed by atoms with Crippen LogP contribution in [0, 0.1) is 5.92 Å². The molecule has 0 bridgehead atoms. The molecule has 2 heterocycles. The second kappa shape index (κ2) is 9.05. The zero-order chi connectivity index (χ0) is 13.1. The van der Waals surface area contributed by atoms with Crippen molar-refractivity contribution in [2.75, 3.05) is 39.4 Å². The van der Waals surface area contributed by atoms with Crippen LogP contribution in [-0.2, 0) is 9.53 Å². The first kappa shape index (κ1) is 19.9. The first-order chi connectivity index (χ1) is 8.58. The molecule has 120 valence electrons. The van der Waals surface area contributed by atoms with E-state index in [1.165, 1.54) is 0 Å². The lowest BCUT2D eigenvalue weighted by Gasteiger charge is -2.34. The van der Waals surface area contributed by atoms with Crippen LogP contribution in [0.4, 0.5) is 0 Å². The predicted octanol–water partition coefficient (Wildman–Crippen LogP) is 0.746. The van der Waals surface area contributed by atoms with Crippen molar-refractivity contribution in [1.29, 1.82) is 0 Å². The normalized spacial score (nSPS) is 28.4. The molecule has 3 unspecified atom stereocenters. The Kier molecular flexibility index (Phi) is 9.02. The molecule has 5 nitrogen and oxygen atoms in total. The predicted molar refractivity (Wildman–Crippen MR) is 84.7 cm³/mol. The van der Waals surface area contributed by atoms with Crippen LogP contribution < -0.4 is 5.73 Å². The van der Waals surface area contributed by atoms with E-state index in [0.717, 1.165) is 39.4 Å². The number of carbonyl (C=O) groups excluding carboxylic acids is 1. The van der Waals surface area contributed by atoms with Crippen LogP contribution in [0.1, 0.15) is 20.3 Å². The number of nitrogens with two attached hydrogens (primary N) is 1. The first-order valence-electron chi connectivity index (χ1n) is 6.93. The van der Waals surface area contributed by atoms with Gasteiger partial charge in [0.1, 0.15) is 0 Å². The van der Waals surface area contributed by atoms with Crippen molar-refractivity contribution in [1.82, 2.24) is 9.80 Å². The fourth-order valence-electron chi connectivity index (χ4n) is 2.94. The third-order valence-corrected chi connectivity index (χ3v) is 3.94. The van der Waals surface area contributed by atoms with Crippen molar-refractivity contribution in [3.05, 3.63) is 0 Å². The minimum Gasteiger partial charge on any atom is -0.379 e. The van der Waals surface area contributed by atoms with Crippen LogP contribution >= 0.6 is 24.8 Å². The van der Waals surface area contributed by atoms with Crippen LogP contribution in [-0.4, -0.2) is 67.2 Å². The van der Waals surface area contributed by atoms with E-state index in [1.54, 1.807) is 0 Å². The summed E-state index contributed by atoms with van der Waals surface area (Å²) < 4.78 is 5.38. The quantitative estimate of drug-likeness (QED) is 0.830. The molecule has 2 rings (SSSR count). The van der Waals surface area contributed by atoms with Crippen LogP contribution in [0.2, 0.25) is 0 Å². The van der Waals surface area contributed by atoms with Gasteiger partial charge in [-0.3, -0.25) is 9.69 Å². The van der Waals surface area contributed by atoms with Gasteiger partial charge < -0.3 is 15.4 Å². The summed E-state index contributed by atoms with van der Waals surface area (Å²) in [6, 6.07) is 0.446. The van der Waals surface area contributed by atoms with Crippen molar-refractivity contribution in [3.8, 4) is 0 Å². The average molecular weight is 328 g/mol. The van der Waals surface area contributed by atoms with E-state index >= 15 is 0 Å². The van der Waals surface area contributed by atoms with Crippen molar-refractivity contribution < 1.29 is 9.53 Å². The minimum atomic E-state index is -0.0461. The lowest BCUT2D eigenvalue weighted by Crippen LogP contribution is -2.47. The summed E-state index contributed by atoms with van der Waals surface area (Å²) in [5.41, 5.74) is 5.70. The van der Waals surface area contributed by atoms with E-state index in [1.807, 2.05) is 11.8 Å². The molecule has 2 saturated heterocycles. The summed E-state index contributed by atoms with van der Waals surface area (Å²) in [6.07, 6.45) is 0.461. The van der Waals surface area contributed by atoms with E-state index in [2.05, 4.69) is 11.8 Å². The lowest BCUT2D eigenvalue weighted by atomic mass is 10.0. The molecule has 0 spiro atoms. The maximum atomic E-state index is 12.0. The molecule has 1 amide bonds. The number of hydrogen-bond donors (Lipinski definition) is 1. The Morgan fingerprint density at radius 1 is 1.30 bits per heavy atom. The van der Waals surface area contributed by atoms with Gasteiger partial charge in [-0.2, -0.15) is 0 Å². The fourth-order valence-corrected chi connectivity index (χ4v) is 2.94. The number of ether oxygens (including phenoxy) is 1.